The van der Waals surface area contributed by atoms with Crippen LogP contribution in [0.1, 0.15) is 38.1 Å². The molecule has 0 amide bonds. The first-order chi connectivity index (χ1) is 8.61. The van der Waals surface area contributed by atoms with E-state index in [1.54, 1.807) is 11.3 Å². The normalized spacial score (nSPS) is 24.2. The minimum absolute atomic E-state index is 0.553. The molecule has 18 heavy (non-hydrogen) atoms. The SMILES string of the molecule is CCc1nnc(N2CCC[C@@](CC)(C(=O)O)C2)s1. The smallest absolute Gasteiger partial charge is 0.311 e. The summed E-state index contributed by atoms with van der Waals surface area (Å²) in [5, 5.41) is 19.6. The van der Waals surface area contributed by atoms with Crippen molar-refractivity contribution in [3.05, 3.63) is 5.01 Å². The summed E-state index contributed by atoms with van der Waals surface area (Å²) in [6.07, 6.45) is 3.21. The molecule has 1 aliphatic rings. The van der Waals surface area contributed by atoms with Crippen LogP contribution < -0.4 is 4.90 Å². The predicted molar refractivity (Wildman–Crippen MR) is 71.1 cm³/mol. The van der Waals surface area contributed by atoms with Gasteiger partial charge in [0.05, 0.1) is 5.41 Å². The Morgan fingerprint density at radius 1 is 1.50 bits per heavy atom. The largest absolute Gasteiger partial charge is 0.481 e. The third kappa shape index (κ3) is 2.34. The van der Waals surface area contributed by atoms with Gasteiger partial charge in [0, 0.05) is 13.1 Å². The molecule has 0 unspecified atom stereocenters. The molecule has 0 aliphatic carbocycles. The summed E-state index contributed by atoms with van der Waals surface area (Å²) in [6.45, 7) is 5.44. The van der Waals surface area contributed by atoms with Crippen LogP contribution in [0.15, 0.2) is 0 Å². The Balaban J connectivity index is 2.17. The van der Waals surface area contributed by atoms with E-state index < -0.39 is 11.4 Å². The molecule has 1 aliphatic heterocycles. The fourth-order valence-corrected chi connectivity index (χ4v) is 3.23. The van der Waals surface area contributed by atoms with Crippen molar-refractivity contribution < 1.29 is 9.90 Å². The van der Waals surface area contributed by atoms with Gasteiger partial charge >= 0.3 is 5.97 Å². The van der Waals surface area contributed by atoms with Gasteiger partial charge < -0.3 is 10.0 Å². The number of rotatable bonds is 4. The van der Waals surface area contributed by atoms with Crippen molar-refractivity contribution in [2.24, 2.45) is 5.41 Å². The lowest BCUT2D eigenvalue weighted by molar-refractivity contribution is -0.149. The van der Waals surface area contributed by atoms with Crippen LogP contribution in [0.3, 0.4) is 0 Å². The Morgan fingerprint density at radius 2 is 2.28 bits per heavy atom. The minimum atomic E-state index is -0.685. The lowest BCUT2D eigenvalue weighted by atomic mass is 9.78. The Hall–Kier alpha value is -1.17. The van der Waals surface area contributed by atoms with Gasteiger partial charge in [-0.15, -0.1) is 10.2 Å². The first kappa shape index (κ1) is 13.3. The number of piperidine rings is 1. The highest BCUT2D eigenvalue weighted by atomic mass is 32.1. The topological polar surface area (TPSA) is 66.3 Å². The van der Waals surface area contributed by atoms with Gasteiger partial charge in [-0.2, -0.15) is 0 Å². The zero-order valence-corrected chi connectivity index (χ0v) is 11.7. The maximum atomic E-state index is 11.5. The molecule has 0 aromatic carbocycles. The van der Waals surface area contributed by atoms with Crippen molar-refractivity contribution in [2.75, 3.05) is 18.0 Å². The average Bonchev–Trinajstić information content (AvgIpc) is 2.87. The van der Waals surface area contributed by atoms with Crippen molar-refractivity contribution in [2.45, 2.75) is 39.5 Å². The van der Waals surface area contributed by atoms with E-state index in [1.807, 2.05) is 13.8 Å². The van der Waals surface area contributed by atoms with E-state index in [4.69, 9.17) is 0 Å². The number of aromatic nitrogens is 2. The Morgan fingerprint density at radius 3 is 2.83 bits per heavy atom. The highest BCUT2D eigenvalue weighted by molar-refractivity contribution is 7.15. The van der Waals surface area contributed by atoms with Gasteiger partial charge in [0.25, 0.3) is 0 Å². The molecule has 1 atom stereocenters. The number of hydrogen-bond donors (Lipinski definition) is 1. The zero-order valence-electron chi connectivity index (χ0n) is 10.8. The van der Waals surface area contributed by atoms with E-state index in [2.05, 4.69) is 15.1 Å². The monoisotopic (exact) mass is 269 g/mol. The number of carboxylic acids is 1. The standard InChI is InChI=1S/C12H19N3O2S/c1-3-9-13-14-11(18-9)15-7-5-6-12(4-2,8-15)10(16)17/h3-8H2,1-2H3,(H,16,17)/t12-/m1/s1. The molecule has 0 bridgehead atoms. The number of hydrogen-bond acceptors (Lipinski definition) is 5. The average molecular weight is 269 g/mol. The number of aryl methyl sites for hydroxylation is 1. The molecule has 2 rings (SSSR count). The number of carboxylic acid groups (broad SMARTS) is 1. The third-order valence-electron chi connectivity index (χ3n) is 3.74. The summed E-state index contributed by atoms with van der Waals surface area (Å²) in [5.74, 6) is -0.685. The van der Waals surface area contributed by atoms with Crippen LogP contribution in [0.25, 0.3) is 0 Å². The summed E-state index contributed by atoms with van der Waals surface area (Å²) in [5.41, 5.74) is -0.615. The van der Waals surface area contributed by atoms with Gasteiger partial charge in [0.2, 0.25) is 5.13 Å². The fraction of sp³-hybridized carbons (Fsp3) is 0.750. The number of nitrogens with zero attached hydrogens (tertiary/aromatic N) is 3. The lowest BCUT2D eigenvalue weighted by Crippen LogP contribution is -2.47. The van der Waals surface area contributed by atoms with Gasteiger partial charge in [-0.25, -0.2) is 0 Å². The molecule has 0 radical (unpaired) electrons. The Labute approximate surface area is 111 Å². The molecular weight excluding hydrogens is 250 g/mol. The molecular formula is C12H19N3O2S. The van der Waals surface area contributed by atoms with Crippen LogP contribution in [0.2, 0.25) is 0 Å². The second-order valence-electron chi connectivity index (χ2n) is 4.80. The van der Waals surface area contributed by atoms with Crippen molar-refractivity contribution in [1.29, 1.82) is 0 Å². The molecule has 1 saturated heterocycles. The molecule has 1 N–H and O–H groups in total. The van der Waals surface area contributed by atoms with Gasteiger partial charge in [0.1, 0.15) is 5.01 Å². The van der Waals surface area contributed by atoms with Crippen LogP contribution >= 0.6 is 11.3 Å². The Kier molecular flexibility index (Phi) is 3.85. The van der Waals surface area contributed by atoms with E-state index in [9.17, 15) is 9.90 Å². The van der Waals surface area contributed by atoms with E-state index in [0.29, 0.717) is 13.0 Å². The van der Waals surface area contributed by atoms with Crippen molar-refractivity contribution in [1.82, 2.24) is 10.2 Å². The minimum Gasteiger partial charge on any atom is -0.481 e. The van der Waals surface area contributed by atoms with Crippen LogP contribution in [0.4, 0.5) is 5.13 Å². The highest BCUT2D eigenvalue weighted by Crippen LogP contribution is 2.36. The van der Waals surface area contributed by atoms with Crippen LogP contribution in [0.5, 0.6) is 0 Å². The van der Waals surface area contributed by atoms with Gasteiger partial charge in [-0.05, 0) is 25.7 Å². The molecule has 6 heteroatoms. The quantitative estimate of drug-likeness (QED) is 0.907. The van der Waals surface area contributed by atoms with Crippen molar-refractivity contribution in [3.8, 4) is 0 Å². The summed E-state index contributed by atoms with van der Waals surface area (Å²) in [6, 6.07) is 0. The summed E-state index contributed by atoms with van der Waals surface area (Å²) >= 11 is 1.57. The maximum absolute atomic E-state index is 11.5. The molecule has 1 aromatic heterocycles. The van der Waals surface area contributed by atoms with Crippen molar-refractivity contribution >= 4 is 22.4 Å². The van der Waals surface area contributed by atoms with Crippen LogP contribution in [-0.4, -0.2) is 34.4 Å². The van der Waals surface area contributed by atoms with Crippen molar-refractivity contribution in [3.63, 3.8) is 0 Å². The van der Waals surface area contributed by atoms with E-state index >= 15 is 0 Å². The maximum Gasteiger partial charge on any atom is 0.311 e. The molecule has 5 nitrogen and oxygen atoms in total. The molecule has 0 saturated carbocycles. The number of aliphatic carboxylic acids is 1. The third-order valence-corrected chi connectivity index (χ3v) is 4.86. The second kappa shape index (κ2) is 5.22. The van der Waals surface area contributed by atoms with Crippen LogP contribution in [0, 0.1) is 5.41 Å². The summed E-state index contributed by atoms with van der Waals surface area (Å²) in [4.78, 5) is 13.6. The number of carbonyl (C=O) groups is 1. The van der Waals surface area contributed by atoms with Gasteiger partial charge in [-0.1, -0.05) is 25.2 Å². The molecule has 0 spiro atoms. The summed E-state index contributed by atoms with van der Waals surface area (Å²) < 4.78 is 0. The van der Waals surface area contributed by atoms with E-state index in [0.717, 1.165) is 35.9 Å². The highest BCUT2D eigenvalue weighted by Gasteiger charge is 2.41. The van der Waals surface area contributed by atoms with E-state index in [1.165, 1.54) is 0 Å². The molecule has 1 aromatic rings. The summed E-state index contributed by atoms with van der Waals surface area (Å²) in [7, 11) is 0. The second-order valence-corrected chi connectivity index (χ2v) is 5.84. The molecule has 1 fully saturated rings. The molecule has 2 heterocycles. The van der Waals surface area contributed by atoms with E-state index in [-0.39, 0.29) is 0 Å². The predicted octanol–water partition coefficient (Wildman–Crippen LogP) is 2.18. The van der Waals surface area contributed by atoms with Crippen LogP contribution in [-0.2, 0) is 11.2 Å². The van der Waals surface area contributed by atoms with Gasteiger partial charge in [-0.3, -0.25) is 4.79 Å². The first-order valence-electron chi connectivity index (χ1n) is 6.42. The first-order valence-corrected chi connectivity index (χ1v) is 7.23. The zero-order chi connectivity index (χ0) is 13.2. The fourth-order valence-electron chi connectivity index (χ4n) is 2.42. The number of anilines is 1. The Bertz CT molecular complexity index is 435. The molecule has 100 valence electrons. The van der Waals surface area contributed by atoms with Gasteiger partial charge in [0.15, 0.2) is 0 Å². The lowest BCUT2D eigenvalue weighted by Gasteiger charge is -2.39.